The molecule has 0 saturated carbocycles. The summed E-state index contributed by atoms with van der Waals surface area (Å²) in [6, 6.07) is 15.7. The smallest absolute Gasteiger partial charge is 0.410 e. The zero-order valence-corrected chi connectivity index (χ0v) is 16.7. The van der Waals surface area contributed by atoms with Crippen LogP contribution in [0.1, 0.15) is 36.8 Å². The Hall–Kier alpha value is -2.46. The highest BCUT2D eigenvalue weighted by molar-refractivity contribution is 6.32. The fraction of sp³-hybridized carbons (Fsp3) is 0.348. The van der Waals surface area contributed by atoms with Gasteiger partial charge in [-0.05, 0) is 60.6 Å². The van der Waals surface area contributed by atoms with Gasteiger partial charge >= 0.3 is 6.09 Å². The maximum absolute atomic E-state index is 12.8. The third-order valence-electron chi connectivity index (χ3n) is 5.57. The Morgan fingerprint density at radius 1 is 1.18 bits per heavy atom. The van der Waals surface area contributed by atoms with Gasteiger partial charge in [0, 0.05) is 11.1 Å². The molecule has 2 bridgehead atoms. The fourth-order valence-electron chi connectivity index (χ4n) is 4.19. The van der Waals surface area contributed by atoms with Gasteiger partial charge in [0.1, 0.15) is 12.4 Å². The molecule has 0 aliphatic carbocycles. The number of carbonyl (C=O) groups excluding carboxylic acids is 1. The van der Waals surface area contributed by atoms with Gasteiger partial charge in [0.25, 0.3) is 0 Å². The predicted octanol–water partition coefficient (Wildman–Crippen LogP) is 5.70. The van der Waals surface area contributed by atoms with Crippen molar-refractivity contribution in [2.24, 2.45) is 0 Å². The van der Waals surface area contributed by atoms with E-state index in [2.05, 4.69) is 6.08 Å². The van der Waals surface area contributed by atoms with Crippen LogP contribution in [0.5, 0.6) is 5.75 Å². The molecule has 4 nitrogen and oxygen atoms in total. The quantitative estimate of drug-likeness (QED) is 0.664. The Morgan fingerprint density at radius 2 is 2.00 bits per heavy atom. The molecule has 0 spiro atoms. The Balaban J connectivity index is 1.53. The van der Waals surface area contributed by atoms with Gasteiger partial charge in [0.05, 0.1) is 13.2 Å². The number of benzene rings is 2. The van der Waals surface area contributed by atoms with Crippen LogP contribution in [0.15, 0.2) is 54.6 Å². The summed E-state index contributed by atoms with van der Waals surface area (Å²) in [5, 5.41) is 0.713. The van der Waals surface area contributed by atoms with Gasteiger partial charge in [-0.1, -0.05) is 48.0 Å². The average molecular weight is 398 g/mol. The summed E-state index contributed by atoms with van der Waals surface area (Å²) in [4.78, 5) is 14.7. The minimum absolute atomic E-state index is 0.0491. The standard InChI is InChI=1S/C23H24ClNO3/c1-27-20-10-11-22(24)21(14-20)17-12-18-8-5-9-19(13-17)25(18)23(26)28-15-16-6-3-2-4-7-16/h2-4,6-7,10-12,14,18-19H,5,8-9,13,15H2,1H3. The molecule has 0 N–H and O–H groups in total. The minimum Gasteiger partial charge on any atom is -0.497 e. The average Bonchev–Trinajstić information content (AvgIpc) is 2.72. The summed E-state index contributed by atoms with van der Waals surface area (Å²) in [5.41, 5.74) is 3.18. The van der Waals surface area contributed by atoms with E-state index in [0.717, 1.165) is 42.6 Å². The lowest BCUT2D eigenvalue weighted by molar-refractivity contribution is 0.0510. The topological polar surface area (TPSA) is 38.8 Å². The molecule has 4 rings (SSSR count). The van der Waals surface area contributed by atoms with Crippen LogP contribution < -0.4 is 4.74 Å². The van der Waals surface area contributed by atoms with Crippen LogP contribution in [0.25, 0.3) is 5.57 Å². The number of piperidine rings is 1. The molecule has 2 aliphatic heterocycles. The van der Waals surface area contributed by atoms with Crippen molar-refractivity contribution in [3.8, 4) is 5.75 Å². The molecule has 2 heterocycles. The van der Waals surface area contributed by atoms with Crippen molar-refractivity contribution in [3.05, 3.63) is 70.8 Å². The molecule has 2 aromatic carbocycles. The Bertz CT molecular complexity index is 881. The van der Waals surface area contributed by atoms with Gasteiger partial charge in [-0.2, -0.15) is 0 Å². The zero-order valence-electron chi connectivity index (χ0n) is 15.9. The van der Waals surface area contributed by atoms with Gasteiger partial charge in [0.15, 0.2) is 0 Å². The summed E-state index contributed by atoms with van der Waals surface area (Å²) in [7, 11) is 1.65. The van der Waals surface area contributed by atoms with Crippen molar-refractivity contribution in [3.63, 3.8) is 0 Å². The number of nitrogens with zero attached hydrogens (tertiary/aromatic N) is 1. The largest absolute Gasteiger partial charge is 0.497 e. The first-order valence-corrected chi connectivity index (χ1v) is 10.1. The lowest BCUT2D eigenvalue weighted by Gasteiger charge is -2.44. The molecule has 0 aromatic heterocycles. The number of amides is 1. The Kier molecular flexibility index (Phi) is 5.58. The van der Waals surface area contributed by atoms with Crippen LogP contribution >= 0.6 is 11.6 Å². The molecule has 5 heteroatoms. The second kappa shape index (κ2) is 8.27. The van der Waals surface area contributed by atoms with Crippen LogP contribution in [-0.4, -0.2) is 30.2 Å². The lowest BCUT2D eigenvalue weighted by atomic mass is 9.83. The van der Waals surface area contributed by atoms with Crippen molar-refractivity contribution in [2.75, 3.05) is 7.11 Å². The number of hydrogen-bond acceptors (Lipinski definition) is 3. The first kappa shape index (κ1) is 18.9. The highest BCUT2D eigenvalue weighted by atomic mass is 35.5. The van der Waals surface area contributed by atoms with Crippen LogP contribution in [0.3, 0.4) is 0 Å². The maximum Gasteiger partial charge on any atom is 0.410 e. The van der Waals surface area contributed by atoms with Gasteiger partial charge in [0.2, 0.25) is 0 Å². The van der Waals surface area contributed by atoms with E-state index in [1.165, 1.54) is 5.57 Å². The number of carbonyl (C=O) groups is 1. The van der Waals surface area contributed by atoms with Crippen molar-refractivity contribution in [1.82, 2.24) is 4.90 Å². The second-order valence-corrected chi connectivity index (χ2v) is 7.75. The third kappa shape index (κ3) is 3.88. The molecule has 1 amide bonds. The van der Waals surface area contributed by atoms with Crippen LogP contribution in [0, 0.1) is 0 Å². The van der Waals surface area contributed by atoms with Crippen molar-refractivity contribution in [1.29, 1.82) is 0 Å². The number of hydrogen-bond donors (Lipinski definition) is 0. The van der Waals surface area contributed by atoms with E-state index < -0.39 is 0 Å². The van der Waals surface area contributed by atoms with Crippen LogP contribution in [0.2, 0.25) is 5.02 Å². The van der Waals surface area contributed by atoms with Crippen molar-refractivity contribution >= 4 is 23.3 Å². The molecule has 1 fully saturated rings. The normalized spacial score (nSPS) is 21.1. The summed E-state index contributed by atoms with van der Waals surface area (Å²) in [6.07, 6.45) is 5.78. The van der Waals surface area contributed by atoms with Gasteiger partial charge in [-0.3, -0.25) is 4.90 Å². The number of ether oxygens (including phenoxy) is 2. The maximum atomic E-state index is 12.8. The molecular formula is C23H24ClNO3. The first-order valence-electron chi connectivity index (χ1n) is 9.69. The molecule has 2 unspecified atom stereocenters. The van der Waals surface area contributed by atoms with E-state index in [4.69, 9.17) is 21.1 Å². The molecule has 1 saturated heterocycles. The molecule has 2 atom stereocenters. The second-order valence-electron chi connectivity index (χ2n) is 7.34. The highest BCUT2D eigenvalue weighted by Crippen LogP contribution is 2.40. The van der Waals surface area contributed by atoms with E-state index in [1.54, 1.807) is 7.11 Å². The van der Waals surface area contributed by atoms with Crippen molar-refractivity contribution < 1.29 is 14.3 Å². The van der Waals surface area contributed by atoms with E-state index >= 15 is 0 Å². The summed E-state index contributed by atoms with van der Waals surface area (Å²) < 4.78 is 11.0. The van der Waals surface area contributed by atoms with Gasteiger partial charge in [-0.15, -0.1) is 0 Å². The molecule has 146 valence electrons. The van der Waals surface area contributed by atoms with Crippen LogP contribution in [0.4, 0.5) is 4.79 Å². The highest BCUT2D eigenvalue weighted by Gasteiger charge is 2.38. The van der Waals surface area contributed by atoms with Gasteiger partial charge < -0.3 is 9.47 Å². The molecular weight excluding hydrogens is 374 g/mol. The molecule has 28 heavy (non-hydrogen) atoms. The number of methoxy groups -OCH3 is 1. The number of halogens is 1. The van der Waals surface area contributed by atoms with E-state index in [0.29, 0.717) is 11.6 Å². The summed E-state index contributed by atoms with van der Waals surface area (Å²) >= 11 is 6.46. The van der Waals surface area contributed by atoms with E-state index in [-0.39, 0.29) is 18.2 Å². The zero-order chi connectivity index (χ0) is 19.5. The minimum atomic E-state index is -0.231. The van der Waals surface area contributed by atoms with Crippen molar-refractivity contribution in [2.45, 2.75) is 44.4 Å². The predicted molar refractivity (Wildman–Crippen MR) is 110 cm³/mol. The number of fused-ring (bicyclic) bond motifs is 2. The van der Waals surface area contributed by atoms with E-state index in [9.17, 15) is 4.79 Å². The number of rotatable bonds is 4. The molecule has 2 aromatic rings. The first-order chi connectivity index (χ1) is 13.7. The Morgan fingerprint density at radius 3 is 2.75 bits per heavy atom. The fourth-order valence-corrected chi connectivity index (χ4v) is 4.42. The van der Waals surface area contributed by atoms with Crippen LogP contribution in [-0.2, 0) is 11.3 Å². The summed E-state index contributed by atoms with van der Waals surface area (Å²) in [5.74, 6) is 0.787. The third-order valence-corrected chi connectivity index (χ3v) is 5.90. The lowest BCUT2D eigenvalue weighted by Crippen LogP contribution is -2.51. The molecule has 0 radical (unpaired) electrons. The summed E-state index contributed by atoms with van der Waals surface area (Å²) in [6.45, 7) is 0.300. The molecule has 2 aliphatic rings. The Labute approximate surface area is 170 Å². The van der Waals surface area contributed by atoms with Gasteiger partial charge in [-0.25, -0.2) is 4.79 Å². The SMILES string of the molecule is COc1ccc(Cl)c(C2=CC3CCCC(C2)N3C(=O)OCc2ccccc2)c1. The van der Waals surface area contributed by atoms with E-state index in [1.807, 2.05) is 53.4 Å². The monoisotopic (exact) mass is 397 g/mol.